The molecule has 106 valence electrons. The summed E-state index contributed by atoms with van der Waals surface area (Å²) in [5.74, 6) is 1.79. The average molecular weight is 362 g/mol. The van der Waals surface area contributed by atoms with E-state index in [4.69, 9.17) is 10.3 Å². The number of aromatic nitrogens is 2. The van der Waals surface area contributed by atoms with Gasteiger partial charge in [0.1, 0.15) is 0 Å². The molecule has 0 aliphatic carbocycles. The van der Waals surface area contributed by atoms with Crippen LogP contribution in [-0.2, 0) is 5.75 Å². The Hall–Kier alpha value is -1.79. The molecule has 3 aromatic rings. The molecule has 0 atom stereocenters. The van der Waals surface area contributed by atoms with Gasteiger partial charge in [-0.2, -0.15) is 4.98 Å². The van der Waals surface area contributed by atoms with Crippen LogP contribution >= 0.6 is 27.7 Å². The highest BCUT2D eigenvalue weighted by atomic mass is 79.9. The summed E-state index contributed by atoms with van der Waals surface area (Å²) >= 11 is 5.02. The summed E-state index contributed by atoms with van der Waals surface area (Å²) in [6.45, 7) is 0. The highest BCUT2D eigenvalue weighted by molar-refractivity contribution is 9.10. The summed E-state index contributed by atoms with van der Waals surface area (Å²) in [7, 11) is 0. The van der Waals surface area contributed by atoms with Crippen LogP contribution in [0.2, 0.25) is 0 Å². The van der Waals surface area contributed by atoms with Gasteiger partial charge in [-0.05, 0) is 30.3 Å². The second kappa shape index (κ2) is 6.32. The third-order valence-corrected chi connectivity index (χ3v) is 4.38. The summed E-state index contributed by atoms with van der Waals surface area (Å²) in [5, 5.41) is 4.00. The molecule has 3 rings (SSSR count). The third-order valence-electron chi connectivity index (χ3n) is 2.82. The van der Waals surface area contributed by atoms with Crippen molar-refractivity contribution < 1.29 is 4.52 Å². The molecule has 1 heterocycles. The molecule has 0 unspecified atom stereocenters. The number of hydrogen-bond acceptors (Lipinski definition) is 5. The van der Waals surface area contributed by atoms with E-state index in [0.717, 1.165) is 20.6 Å². The number of anilines is 1. The van der Waals surface area contributed by atoms with Crippen LogP contribution in [0.1, 0.15) is 5.82 Å². The van der Waals surface area contributed by atoms with Crippen molar-refractivity contribution in [2.75, 3.05) is 5.73 Å². The molecule has 0 amide bonds. The first kappa shape index (κ1) is 14.2. The molecule has 1 aromatic heterocycles. The fraction of sp³-hybridized carbons (Fsp3) is 0.0667. The van der Waals surface area contributed by atoms with Gasteiger partial charge in [0.05, 0.1) is 5.75 Å². The van der Waals surface area contributed by atoms with Crippen molar-refractivity contribution in [3.8, 4) is 11.5 Å². The number of thioether (sulfide) groups is 1. The van der Waals surface area contributed by atoms with Gasteiger partial charge in [-0.1, -0.05) is 39.3 Å². The molecule has 21 heavy (non-hydrogen) atoms. The zero-order valence-corrected chi connectivity index (χ0v) is 13.4. The normalized spacial score (nSPS) is 10.7. The summed E-state index contributed by atoms with van der Waals surface area (Å²) in [4.78, 5) is 5.39. The minimum absolute atomic E-state index is 0.536. The van der Waals surface area contributed by atoms with Gasteiger partial charge in [0.15, 0.2) is 5.82 Å². The lowest BCUT2D eigenvalue weighted by Crippen LogP contribution is -1.90. The average Bonchev–Trinajstić information content (AvgIpc) is 2.98. The maximum Gasteiger partial charge on any atom is 0.257 e. The molecule has 6 heteroatoms. The summed E-state index contributed by atoms with van der Waals surface area (Å²) in [6.07, 6.45) is 0. The van der Waals surface area contributed by atoms with Crippen molar-refractivity contribution in [2.24, 2.45) is 0 Å². The van der Waals surface area contributed by atoms with Crippen LogP contribution in [-0.4, -0.2) is 10.1 Å². The van der Waals surface area contributed by atoms with E-state index in [0.29, 0.717) is 17.5 Å². The molecule has 0 saturated carbocycles. The second-order valence-electron chi connectivity index (χ2n) is 4.35. The number of halogens is 1. The van der Waals surface area contributed by atoms with Gasteiger partial charge in [0.2, 0.25) is 0 Å². The lowest BCUT2D eigenvalue weighted by molar-refractivity contribution is 0.425. The van der Waals surface area contributed by atoms with E-state index in [-0.39, 0.29) is 0 Å². The molecule has 0 fully saturated rings. The van der Waals surface area contributed by atoms with Gasteiger partial charge in [-0.25, -0.2) is 0 Å². The first-order valence-electron chi connectivity index (χ1n) is 6.28. The van der Waals surface area contributed by atoms with Crippen molar-refractivity contribution in [2.45, 2.75) is 10.6 Å². The molecular weight excluding hydrogens is 350 g/mol. The smallest absolute Gasteiger partial charge is 0.257 e. The minimum Gasteiger partial charge on any atom is -0.398 e. The van der Waals surface area contributed by atoms with Gasteiger partial charge in [-0.3, -0.25) is 0 Å². The van der Waals surface area contributed by atoms with Gasteiger partial charge >= 0.3 is 0 Å². The van der Waals surface area contributed by atoms with E-state index in [1.807, 2.05) is 48.5 Å². The van der Waals surface area contributed by atoms with Crippen LogP contribution in [0.4, 0.5) is 5.69 Å². The van der Waals surface area contributed by atoms with Crippen LogP contribution in [0.5, 0.6) is 0 Å². The summed E-state index contributed by atoms with van der Waals surface area (Å²) < 4.78 is 6.28. The largest absolute Gasteiger partial charge is 0.398 e. The maximum atomic E-state index is 5.94. The quantitative estimate of drug-likeness (QED) is 0.551. The van der Waals surface area contributed by atoms with Gasteiger partial charge < -0.3 is 10.3 Å². The van der Waals surface area contributed by atoms with Crippen LogP contribution in [0, 0.1) is 0 Å². The topological polar surface area (TPSA) is 64.9 Å². The molecule has 4 nitrogen and oxygen atoms in total. The van der Waals surface area contributed by atoms with Crippen LogP contribution in [0.15, 0.2) is 62.4 Å². The number of rotatable bonds is 4. The predicted molar refractivity (Wildman–Crippen MR) is 87.8 cm³/mol. The number of hydrogen-bond donors (Lipinski definition) is 1. The number of benzene rings is 2. The SMILES string of the molecule is Nc1ccc(Br)cc1SCc1noc(-c2ccccc2)n1. The van der Waals surface area contributed by atoms with Crippen molar-refractivity contribution in [3.05, 3.63) is 58.8 Å². The Morgan fingerprint density at radius 3 is 2.76 bits per heavy atom. The summed E-state index contributed by atoms with van der Waals surface area (Å²) in [5.41, 5.74) is 7.61. The Morgan fingerprint density at radius 2 is 1.95 bits per heavy atom. The Labute approximate surface area is 134 Å². The standard InChI is InChI=1S/C15H12BrN3OS/c16-11-6-7-12(17)13(8-11)21-9-14-18-15(20-19-14)10-4-2-1-3-5-10/h1-8H,9,17H2. The van der Waals surface area contributed by atoms with Crippen molar-refractivity contribution in [1.29, 1.82) is 0 Å². The maximum absolute atomic E-state index is 5.94. The summed E-state index contributed by atoms with van der Waals surface area (Å²) in [6, 6.07) is 15.5. The molecule has 0 spiro atoms. The second-order valence-corrected chi connectivity index (χ2v) is 6.29. The van der Waals surface area contributed by atoms with Crippen LogP contribution < -0.4 is 5.73 Å². The van der Waals surface area contributed by atoms with Crippen LogP contribution in [0.3, 0.4) is 0 Å². The molecule has 2 aromatic carbocycles. The van der Waals surface area contributed by atoms with Gasteiger partial charge in [0.25, 0.3) is 5.89 Å². The van der Waals surface area contributed by atoms with Crippen molar-refractivity contribution in [1.82, 2.24) is 10.1 Å². The minimum atomic E-state index is 0.536. The monoisotopic (exact) mass is 361 g/mol. The number of nitrogens with two attached hydrogens (primary N) is 1. The zero-order valence-electron chi connectivity index (χ0n) is 11.0. The van der Waals surface area contributed by atoms with Crippen LogP contribution in [0.25, 0.3) is 11.5 Å². The molecule has 0 aliphatic heterocycles. The van der Waals surface area contributed by atoms with Crippen molar-refractivity contribution in [3.63, 3.8) is 0 Å². The third kappa shape index (κ3) is 3.46. The predicted octanol–water partition coefficient (Wildman–Crippen LogP) is 4.37. The van der Waals surface area contributed by atoms with Crippen molar-refractivity contribution >= 4 is 33.4 Å². The molecule has 0 radical (unpaired) electrons. The Morgan fingerprint density at radius 1 is 1.14 bits per heavy atom. The Bertz CT molecular complexity index is 746. The lowest BCUT2D eigenvalue weighted by atomic mass is 10.2. The molecule has 2 N–H and O–H groups in total. The van der Waals surface area contributed by atoms with E-state index >= 15 is 0 Å². The fourth-order valence-corrected chi connectivity index (χ4v) is 3.15. The molecule has 0 saturated heterocycles. The first-order chi connectivity index (χ1) is 10.2. The molecule has 0 bridgehead atoms. The fourth-order valence-electron chi connectivity index (χ4n) is 1.79. The lowest BCUT2D eigenvalue weighted by Gasteiger charge is -2.03. The number of nitrogen functional groups attached to an aromatic ring is 1. The highest BCUT2D eigenvalue weighted by Crippen LogP contribution is 2.30. The first-order valence-corrected chi connectivity index (χ1v) is 8.06. The van der Waals surface area contributed by atoms with E-state index in [1.54, 1.807) is 11.8 Å². The van der Waals surface area contributed by atoms with E-state index in [2.05, 4.69) is 26.1 Å². The van der Waals surface area contributed by atoms with Gasteiger partial charge in [0, 0.05) is 20.6 Å². The highest BCUT2D eigenvalue weighted by Gasteiger charge is 2.09. The van der Waals surface area contributed by atoms with E-state index in [9.17, 15) is 0 Å². The molecular formula is C15H12BrN3OS. The van der Waals surface area contributed by atoms with E-state index in [1.165, 1.54) is 0 Å². The number of nitrogens with zero attached hydrogens (tertiary/aromatic N) is 2. The Kier molecular flexibility index (Phi) is 4.26. The molecule has 0 aliphatic rings. The van der Waals surface area contributed by atoms with E-state index < -0.39 is 0 Å². The Balaban J connectivity index is 1.72. The van der Waals surface area contributed by atoms with Gasteiger partial charge in [-0.15, -0.1) is 11.8 Å². The zero-order chi connectivity index (χ0) is 14.7.